The molecule has 1 aromatic carbocycles. The molecule has 37 heavy (non-hydrogen) atoms. The molecule has 1 aliphatic carbocycles. The SMILES string of the molecule is Cc1cccc(S)c1C1CCCCC1=O.O=C(OCCCCCCCCCCCCl)C(F)(F)S(=O)(=O)O. The molecule has 0 bridgehead atoms. The van der Waals surface area contributed by atoms with E-state index in [-0.39, 0.29) is 12.5 Å². The van der Waals surface area contributed by atoms with E-state index in [9.17, 15) is 26.8 Å². The van der Waals surface area contributed by atoms with Crippen molar-refractivity contribution in [1.29, 1.82) is 0 Å². The number of aryl methyl sites for hydroxylation is 1. The summed E-state index contributed by atoms with van der Waals surface area (Å²) < 4.78 is 58.6. The molecular weight excluding hydrogens is 546 g/mol. The molecule has 0 aliphatic heterocycles. The number of ketones is 1. The number of benzene rings is 1. The summed E-state index contributed by atoms with van der Waals surface area (Å²) in [6, 6.07) is 6.04. The number of alkyl halides is 3. The van der Waals surface area contributed by atoms with Crippen LogP contribution in [0.15, 0.2) is 23.1 Å². The lowest BCUT2D eigenvalue weighted by Crippen LogP contribution is -2.39. The van der Waals surface area contributed by atoms with Gasteiger partial charge in [-0.1, -0.05) is 63.5 Å². The zero-order valence-corrected chi connectivity index (χ0v) is 23.9. The van der Waals surface area contributed by atoms with Gasteiger partial charge in [-0.25, -0.2) is 4.79 Å². The largest absolute Gasteiger partial charge is 0.465 e. The molecule has 1 fully saturated rings. The van der Waals surface area contributed by atoms with Crippen molar-refractivity contribution in [3.05, 3.63) is 29.3 Å². The predicted octanol–water partition coefficient (Wildman–Crippen LogP) is 7.27. The van der Waals surface area contributed by atoms with E-state index in [2.05, 4.69) is 30.4 Å². The van der Waals surface area contributed by atoms with Gasteiger partial charge in [0.05, 0.1) is 6.61 Å². The van der Waals surface area contributed by atoms with Crippen molar-refractivity contribution in [2.75, 3.05) is 12.5 Å². The Morgan fingerprint density at radius 3 is 2.16 bits per heavy atom. The second-order valence-corrected chi connectivity index (χ2v) is 11.6. The summed E-state index contributed by atoms with van der Waals surface area (Å²) in [6.45, 7) is 1.77. The Balaban J connectivity index is 0.000000394. The standard InChI is InChI=1S/C13H23ClF2O5S.C13H16OS/c14-10-8-6-4-2-1-3-5-7-9-11-21-12(17)13(15,16)22(18,19)20;1-9-5-4-8-12(15)13(9)10-6-2-3-7-11(10)14/h1-11H2,(H,18,19,20);4-5,8,10,15H,2-3,6-7H2,1H3. The maximum absolute atomic E-state index is 12.8. The van der Waals surface area contributed by atoms with Crippen LogP contribution in [-0.2, 0) is 24.4 Å². The van der Waals surface area contributed by atoms with E-state index in [1.54, 1.807) is 0 Å². The number of Topliss-reactive ketones (excluding diaryl/α,β-unsaturated/α-hetero) is 1. The van der Waals surface area contributed by atoms with Gasteiger partial charge in [-0.05, 0) is 49.8 Å². The number of thiol groups is 1. The molecule has 0 aromatic heterocycles. The smallest absolute Gasteiger partial charge is 0.460 e. The van der Waals surface area contributed by atoms with Crippen molar-refractivity contribution >= 4 is 46.1 Å². The van der Waals surface area contributed by atoms with E-state index in [0.717, 1.165) is 81.1 Å². The lowest BCUT2D eigenvalue weighted by atomic mass is 9.81. The molecule has 2 rings (SSSR count). The number of hydrogen-bond donors (Lipinski definition) is 2. The molecule has 0 radical (unpaired) electrons. The van der Waals surface area contributed by atoms with Crippen LogP contribution in [-0.4, -0.2) is 42.5 Å². The summed E-state index contributed by atoms with van der Waals surface area (Å²) >= 11 is 10.0. The zero-order chi connectivity index (χ0) is 27.9. The van der Waals surface area contributed by atoms with Gasteiger partial charge in [0.2, 0.25) is 0 Å². The number of esters is 1. The van der Waals surface area contributed by atoms with Gasteiger partial charge < -0.3 is 4.74 Å². The number of ether oxygens (including phenoxy) is 1. The molecule has 1 aromatic rings. The molecule has 0 heterocycles. The van der Waals surface area contributed by atoms with Crippen LogP contribution in [0.4, 0.5) is 8.78 Å². The Hall–Kier alpha value is -1.23. The van der Waals surface area contributed by atoms with Crippen LogP contribution in [0.5, 0.6) is 0 Å². The fraction of sp³-hybridized carbons (Fsp3) is 0.692. The topological polar surface area (TPSA) is 97.7 Å². The second kappa shape index (κ2) is 17.4. The van der Waals surface area contributed by atoms with Crippen molar-refractivity contribution < 1.29 is 36.1 Å². The number of carbonyl (C=O) groups is 2. The molecule has 1 aliphatic rings. The van der Waals surface area contributed by atoms with Gasteiger partial charge in [0.1, 0.15) is 5.78 Å². The van der Waals surface area contributed by atoms with Gasteiger partial charge in [0.25, 0.3) is 0 Å². The maximum Gasteiger partial charge on any atom is 0.465 e. The monoisotopic (exact) mass is 584 g/mol. The van der Waals surface area contributed by atoms with Crippen molar-refractivity contribution in [2.45, 2.75) is 106 Å². The van der Waals surface area contributed by atoms with Gasteiger partial charge in [0, 0.05) is 23.1 Å². The van der Waals surface area contributed by atoms with Gasteiger partial charge >= 0.3 is 21.3 Å². The first-order chi connectivity index (χ1) is 17.4. The minimum atomic E-state index is -5.78. The Morgan fingerprint density at radius 1 is 1.08 bits per heavy atom. The van der Waals surface area contributed by atoms with E-state index in [0.29, 0.717) is 24.5 Å². The number of halogens is 3. The van der Waals surface area contributed by atoms with Crippen LogP contribution >= 0.6 is 24.2 Å². The van der Waals surface area contributed by atoms with Crippen LogP contribution < -0.4 is 0 Å². The molecule has 1 unspecified atom stereocenters. The second-order valence-electron chi connectivity index (χ2n) is 9.27. The van der Waals surface area contributed by atoms with Crippen LogP contribution in [0.1, 0.15) is 101 Å². The van der Waals surface area contributed by atoms with Crippen LogP contribution in [0, 0.1) is 6.92 Å². The van der Waals surface area contributed by atoms with E-state index < -0.39 is 21.3 Å². The molecule has 6 nitrogen and oxygen atoms in total. The summed E-state index contributed by atoms with van der Waals surface area (Å²) in [5.41, 5.74) is 2.35. The van der Waals surface area contributed by atoms with E-state index in [4.69, 9.17) is 16.2 Å². The summed E-state index contributed by atoms with van der Waals surface area (Å²) in [5.74, 6) is -1.05. The molecule has 0 amide bonds. The molecule has 0 spiro atoms. The highest BCUT2D eigenvalue weighted by molar-refractivity contribution is 7.87. The highest BCUT2D eigenvalue weighted by Crippen LogP contribution is 2.35. The lowest BCUT2D eigenvalue weighted by molar-refractivity contribution is -0.161. The van der Waals surface area contributed by atoms with Gasteiger partial charge in [-0.15, -0.1) is 24.2 Å². The molecule has 1 atom stereocenters. The Kier molecular flexibility index (Phi) is 15.9. The van der Waals surface area contributed by atoms with Crippen LogP contribution in [0.25, 0.3) is 0 Å². The molecule has 1 saturated carbocycles. The van der Waals surface area contributed by atoms with Gasteiger partial charge in [-0.3, -0.25) is 9.35 Å². The highest BCUT2D eigenvalue weighted by atomic mass is 35.5. The average molecular weight is 585 g/mol. The first-order valence-electron chi connectivity index (χ1n) is 12.8. The number of unbranched alkanes of at least 4 members (excludes halogenated alkanes) is 8. The van der Waals surface area contributed by atoms with E-state index in [1.807, 2.05) is 12.1 Å². The summed E-state index contributed by atoms with van der Waals surface area (Å²) in [6.07, 6.45) is 12.5. The van der Waals surface area contributed by atoms with E-state index in [1.165, 1.54) is 5.56 Å². The molecule has 1 N–H and O–H groups in total. The molecule has 11 heteroatoms. The van der Waals surface area contributed by atoms with Crippen molar-refractivity contribution in [1.82, 2.24) is 0 Å². The normalized spacial score (nSPS) is 16.2. The number of hydrogen-bond acceptors (Lipinski definition) is 6. The van der Waals surface area contributed by atoms with Gasteiger partial charge in [0.15, 0.2) is 0 Å². The predicted molar refractivity (Wildman–Crippen MR) is 144 cm³/mol. The Labute approximate surface area is 230 Å². The van der Waals surface area contributed by atoms with Crippen molar-refractivity contribution in [3.8, 4) is 0 Å². The maximum atomic E-state index is 12.8. The Bertz CT molecular complexity index is 936. The van der Waals surface area contributed by atoms with Crippen LogP contribution in [0.3, 0.4) is 0 Å². The fourth-order valence-electron chi connectivity index (χ4n) is 4.19. The Morgan fingerprint density at radius 2 is 1.65 bits per heavy atom. The first kappa shape index (κ1) is 33.8. The summed E-state index contributed by atoms with van der Waals surface area (Å²) in [4.78, 5) is 23.7. The molecule has 0 saturated heterocycles. The van der Waals surface area contributed by atoms with Crippen molar-refractivity contribution in [3.63, 3.8) is 0 Å². The third kappa shape index (κ3) is 12.0. The van der Waals surface area contributed by atoms with Crippen LogP contribution in [0.2, 0.25) is 0 Å². The number of rotatable bonds is 14. The molecular formula is C26H39ClF2O6S2. The quantitative estimate of drug-likeness (QED) is 0.0784. The minimum absolute atomic E-state index is 0.104. The summed E-state index contributed by atoms with van der Waals surface area (Å²) in [5, 5.41) is -4.91. The highest BCUT2D eigenvalue weighted by Gasteiger charge is 2.54. The third-order valence-electron chi connectivity index (χ3n) is 6.28. The van der Waals surface area contributed by atoms with Gasteiger partial charge in [-0.2, -0.15) is 17.2 Å². The minimum Gasteiger partial charge on any atom is -0.460 e. The third-order valence-corrected chi connectivity index (χ3v) is 7.75. The molecule has 212 valence electrons. The zero-order valence-electron chi connectivity index (χ0n) is 21.4. The van der Waals surface area contributed by atoms with Crippen molar-refractivity contribution in [2.24, 2.45) is 0 Å². The fourth-order valence-corrected chi connectivity index (χ4v) is 5.07. The van der Waals surface area contributed by atoms with E-state index >= 15 is 0 Å². The summed E-state index contributed by atoms with van der Waals surface area (Å²) in [7, 11) is -5.78. The lowest BCUT2D eigenvalue weighted by Gasteiger charge is -2.23. The average Bonchev–Trinajstić information content (AvgIpc) is 2.83. The first-order valence-corrected chi connectivity index (χ1v) is 15.2. The number of carbonyl (C=O) groups excluding carboxylic acids is 2.